The third-order valence-corrected chi connectivity index (χ3v) is 11.8. The molecule has 4 N–H and O–H groups in total. The van der Waals surface area contributed by atoms with E-state index in [1.54, 1.807) is 34.6 Å². The largest absolute Gasteiger partial charge is 0.467 e. The van der Waals surface area contributed by atoms with Gasteiger partial charge in [0.2, 0.25) is 11.7 Å². The molecule has 0 aromatic rings. The van der Waals surface area contributed by atoms with Crippen molar-refractivity contribution in [2.45, 2.75) is 89.4 Å². The normalized spacial score (nSPS) is 41.4. The number of aliphatic hydroxyl groups is 2. The van der Waals surface area contributed by atoms with Crippen molar-refractivity contribution in [2.24, 2.45) is 34.3 Å². The smallest absolute Gasteiger partial charge is 0.348 e. The van der Waals surface area contributed by atoms with Gasteiger partial charge in [0, 0.05) is 23.8 Å². The Hall–Kier alpha value is -2.78. The molecule has 11 atom stereocenters. The van der Waals surface area contributed by atoms with E-state index in [1.165, 1.54) is 17.8 Å². The molecule has 2 heterocycles. The number of ketones is 1. The molecule has 0 amide bonds. The third-order valence-electron chi connectivity index (χ3n) is 11.1. The molecule has 2 saturated carbocycles. The van der Waals surface area contributed by atoms with Gasteiger partial charge in [0.05, 0.1) is 25.7 Å². The maximum atomic E-state index is 13.9. The van der Waals surface area contributed by atoms with E-state index in [1.807, 2.05) is 6.26 Å². The van der Waals surface area contributed by atoms with Crippen LogP contribution in [0.4, 0.5) is 0 Å². The number of ether oxygens (including phenoxy) is 5. The highest BCUT2D eigenvalue weighted by molar-refractivity contribution is 7.98. The summed E-state index contributed by atoms with van der Waals surface area (Å²) < 4.78 is 28.7. The Morgan fingerprint density at radius 2 is 1.85 bits per heavy atom. The van der Waals surface area contributed by atoms with Gasteiger partial charge >= 0.3 is 23.9 Å². The number of esters is 4. The summed E-state index contributed by atoms with van der Waals surface area (Å²) in [4.78, 5) is 67.1. The first kappa shape index (κ1) is 34.6. The molecule has 2 aliphatic heterocycles. The van der Waals surface area contributed by atoms with E-state index in [2.05, 4.69) is 0 Å². The predicted molar refractivity (Wildman–Crippen MR) is 162 cm³/mol. The van der Waals surface area contributed by atoms with Crippen molar-refractivity contribution in [1.29, 1.82) is 0 Å². The van der Waals surface area contributed by atoms with Gasteiger partial charge in [-0.05, 0) is 69.5 Å². The molecule has 2 bridgehead atoms. The minimum Gasteiger partial charge on any atom is -0.467 e. The second kappa shape index (κ2) is 11.7. The first-order valence-corrected chi connectivity index (χ1v) is 16.7. The monoisotopic (exact) mass is 665 g/mol. The summed E-state index contributed by atoms with van der Waals surface area (Å²) in [5.41, 5.74) is 0.723. The van der Waals surface area contributed by atoms with Crippen molar-refractivity contribution in [2.75, 3.05) is 25.7 Å². The van der Waals surface area contributed by atoms with Crippen molar-refractivity contribution in [3.05, 3.63) is 23.0 Å². The van der Waals surface area contributed by atoms with Gasteiger partial charge in [-0.1, -0.05) is 12.5 Å². The molecule has 2 saturated heterocycles. The minimum absolute atomic E-state index is 0.0823. The van der Waals surface area contributed by atoms with Gasteiger partial charge in [0.1, 0.15) is 17.7 Å². The maximum Gasteiger partial charge on any atom is 0.348 e. The van der Waals surface area contributed by atoms with Gasteiger partial charge in [-0.25, -0.2) is 19.2 Å². The van der Waals surface area contributed by atoms with E-state index in [9.17, 15) is 34.2 Å². The average molecular weight is 666 g/mol. The summed E-state index contributed by atoms with van der Waals surface area (Å²) in [6.07, 6.45) is -2.03. The second-order valence-corrected chi connectivity index (χ2v) is 14.9. The zero-order valence-electron chi connectivity index (χ0n) is 27.1. The summed E-state index contributed by atoms with van der Waals surface area (Å²) in [5, 5.41) is 23.8. The summed E-state index contributed by atoms with van der Waals surface area (Å²) >= 11 is 1.52. The van der Waals surface area contributed by atoms with Crippen molar-refractivity contribution < 1.29 is 57.9 Å². The number of rotatable bonds is 8. The lowest BCUT2D eigenvalue weighted by Gasteiger charge is -2.70. The Bertz CT molecular complexity index is 1420. The second-order valence-electron chi connectivity index (χ2n) is 13.9. The van der Waals surface area contributed by atoms with Crippen molar-refractivity contribution >= 4 is 41.4 Å². The predicted octanol–water partition coefficient (Wildman–Crippen LogP) is 0.973. The first-order chi connectivity index (χ1) is 21.5. The number of methoxy groups -OCH3 is 1. The molecule has 1 spiro atoms. The number of fused-ring (bicyclic) bond motifs is 2. The molecule has 5 rings (SSSR count). The number of thioether (sulfide) groups is 1. The molecular formula is C32H43NO12S. The summed E-state index contributed by atoms with van der Waals surface area (Å²) in [6.45, 7) is 8.15. The van der Waals surface area contributed by atoms with Crippen molar-refractivity contribution in [1.82, 2.24) is 0 Å². The fourth-order valence-corrected chi connectivity index (χ4v) is 9.79. The molecule has 4 fully saturated rings. The Kier molecular flexibility index (Phi) is 8.81. The minimum atomic E-state index is -2.29. The molecular weight excluding hydrogens is 622 g/mol. The average Bonchev–Trinajstić information content (AvgIpc) is 3.29. The lowest BCUT2D eigenvalue weighted by Crippen LogP contribution is -2.82. The lowest BCUT2D eigenvalue weighted by atomic mass is 9.35. The van der Waals surface area contributed by atoms with Gasteiger partial charge in [-0.2, -0.15) is 11.8 Å². The molecule has 254 valence electrons. The number of carbonyl (C=O) groups is 5. The number of hydrogen-bond donors (Lipinski definition) is 3. The van der Waals surface area contributed by atoms with Gasteiger partial charge < -0.3 is 39.6 Å². The fraction of sp³-hybridized carbons (Fsp3) is 0.719. The summed E-state index contributed by atoms with van der Waals surface area (Å²) in [5.74, 6) is -6.60. The van der Waals surface area contributed by atoms with Crippen LogP contribution in [0.1, 0.15) is 53.9 Å². The molecule has 14 heteroatoms. The van der Waals surface area contributed by atoms with Crippen LogP contribution in [0.25, 0.3) is 0 Å². The molecule has 3 aliphatic carbocycles. The Balaban J connectivity index is 1.67. The number of nitrogens with two attached hydrogens (primary N) is 1. The van der Waals surface area contributed by atoms with Gasteiger partial charge in [0.25, 0.3) is 0 Å². The molecule has 13 nitrogen and oxygen atoms in total. The van der Waals surface area contributed by atoms with E-state index in [0.29, 0.717) is 23.3 Å². The third kappa shape index (κ3) is 4.61. The summed E-state index contributed by atoms with van der Waals surface area (Å²) in [6, 6.07) is -0.940. The van der Waals surface area contributed by atoms with Crippen LogP contribution >= 0.6 is 11.8 Å². The topological polar surface area (TPSA) is 198 Å². The Labute approximate surface area is 271 Å². The van der Waals surface area contributed by atoms with Crippen molar-refractivity contribution in [3.63, 3.8) is 0 Å². The summed E-state index contributed by atoms with van der Waals surface area (Å²) in [7, 11) is 1.09. The number of Topliss-reactive ketones (excluding diaryl/α,β-unsaturated/α-hetero) is 1. The number of carbonyl (C=O) groups excluding carboxylic acids is 5. The highest BCUT2D eigenvalue weighted by Gasteiger charge is 2.87. The SMILES string of the molecule is COC(=O)C12OC[C@]34C([C@@H](O)[C@@H]1O)[C@@]1(C)CC(=O)C(OC(=O)[C@@H](N)CCSC)=C(C)[C@@H]1C[C@@]3(C)OC(=O)[C@H](OC(=O)C=C(C)C)[C@@H]24. The Morgan fingerprint density at radius 3 is 2.46 bits per heavy atom. The van der Waals surface area contributed by atoms with Crippen LogP contribution in [0.2, 0.25) is 0 Å². The Morgan fingerprint density at radius 1 is 1.17 bits per heavy atom. The zero-order valence-corrected chi connectivity index (χ0v) is 27.9. The number of hydrogen-bond acceptors (Lipinski definition) is 14. The highest BCUT2D eigenvalue weighted by Crippen LogP contribution is 2.75. The van der Waals surface area contributed by atoms with Gasteiger partial charge in [-0.15, -0.1) is 0 Å². The lowest BCUT2D eigenvalue weighted by molar-refractivity contribution is -0.315. The van der Waals surface area contributed by atoms with Crippen LogP contribution in [0.3, 0.4) is 0 Å². The fourth-order valence-electron chi connectivity index (χ4n) is 9.30. The van der Waals surface area contributed by atoms with Crippen molar-refractivity contribution in [3.8, 4) is 0 Å². The molecule has 0 aromatic heterocycles. The zero-order chi connectivity index (χ0) is 34.1. The standard InChI is InChI=1S/C32H43NO12S/c1-14(2)10-19(35)43-22-24-31-13-42-32(24,28(40)41-6)25(37)20(36)23(31)29(4)12-18(34)21(44-26(38)17(33)8-9-46-7)15(3)16(29)11-30(31,5)45-27(22)39/h10,16-17,20,22-25,36-37H,8-9,11-13,33H2,1-7H3/t16-,17-,20+,22+,23?,24+,25-,29-,30+,31+,32?/m0/s1. The van der Waals surface area contributed by atoms with Crippen LogP contribution in [0.15, 0.2) is 23.0 Å². The molecule has 0 aromatic carbocycles. The van der Waals surface area contributed by atoms with Crippen LogP contribution < -0.4 is 5.73 Å². The number of allylic oxidation sites excluding steroid dienone is 3. The quantitative estimate of drug-likeness (QED) is 0.188. The van der Waals surface area contributed by atoms with E-state index in [-0.39, 0.29) is 25.2 Å². The van der Waals surface area contributed by atoms with Gasteiger partial charge in [0.15, 0.2) is 11.5 Å². The first-order valence-electron chi connectivity index (χ1n) is 15.3. The highest BCUT2D eigenvalue weighted by atomic mass is 32.2. The molecule has 46 heavy (non-hydrogen) atoms. The molecule has 2 unspecified atom stereocenters. The van der Waals surface area contributed by atoms with Gasteiger partial charge in [-0.3, -0.25) is 4.79 Å². The molecule has 0 radical (unpaired) electrons. The van der Waals surface area contributed by atoms with Crippen LogP contribution in [-0.2, 0) is 47.7 Å². The van der Waals surface area contributed by atoms with Crippen LogP contribution in [-0.4, -0.2) is 101 Å². The van der Waals surface area contributed by atoms with E-state index >= 15 is 0 Å². The van der Waals surface area contributed by atoms with Crippen LogP contribution in [0, 0.1) is 28.6 Å². The van der Waals surface area contributed by atoms with E-state index in [0.717, 1.165) is 7.11 Å². The van der Waals surface area contributed by atoms with E-state index < -0.39 is 93.8 Å². The van der Waals surface area contributed by atoms with E-state index in [4.69, 9.17) is 29.4 Å². The molecule has 5 aliphatic rings. The number of aliphatic hydroxyl groups excluding tert-OH is 2. The van der Waals surface area contributed by atoms with Crippen LogP contribution in [0.5, 0.6) is 0 Å². The maximum absolute atomic E-state index is 13.9.